The summed E-state index contributed by atoms with van der Waals surface area (Å²) in [7, 11) is 0. The number of nitrogens with two attached hydrogens (primary N) is 8. The van der Waals surface area contributed by atoms with Crippen LogP contribution in [0.5, 0.6) is 0 Å². The van der Waals surface area contributed by atoms with Gasteiger partial charge in [-0.05, 0) is 154 Å². The number of amides is 22. The topological polar surface area (TPSA) is 924 Å². The second-order valence-electron chi connectivity index (χ2n) is 33.9. The minimum absolute atomic E-state index is 0.00561. The van der Waals surface area contributed by atoms with Crippen molar-refractivity contribution in [3.8, 4) is 0 Å². The summed E-state index contributed by atoms with van der Waals surface area (Å²) in [5, 5.41) is 88.5. The first-order valence-corrected chi connectivity index (χ1v) is 46.6. The van der Waals surface area contributed by atoms with E-state index in [2.05, 4.69) is 112 Å². The molecular formula is C87H139N31O24. The molecule has 0 unspecified atom stereocenters. The van der Waals surface area contributed by atoms with Crippen LogP contribution in [0.25, 0.3) is 0 Å². The molecule has 16 atom stereocenters. The van der Waals surface area contributed by atoms with Crippen LogP contribution in [-0.2, 0) is 118 Å². The number of hydrogen-bond donors (Lipinski definition) is 33. The molecule has 2 heterocycles. The minimum atomic E-state index is -2.05. The summed E-state index contributed by atoms with van der Waals surface area (Å²) >= 11 is 0. The van der Waals surface area contributed by atoms with Crippen LogP contribution in [0, 0.1) is 10.8 Å². The number of hydrogen-bond acceptors (Lipinski definition) is 29. The van der Waals surface area contributed by atoms with Gasteiger partial charge in [0.1, 0.15) is 84.6 Å². The highest BCUT2D eigenvalue weighted by Gasteiger charge is 2.40. The Bertz CT molecular complexity index is 4660. The molecule has 2 aromatic carbocycles. The van der Waals surface area contributed by atoms with Crippen LogP contribution in [0.1, 0.15) is 160 Å². The van der Waals surface area contributed by atoms with Crippen LogP contribution in [0.3, 0.4) is 0 Å². The van der Waals surface area contributed by atoms with Crippen molar-refractivity contribution in [3.05, 3.63) is 71.8 Å². The molecule has 0 radical (unpaired) electrons. The lowest BCUT2D eigenvalue weighted by Crippen LogP contribution is -2.61. The first-order chi connectivity index (χ1) is 67.4. The standard InChI is InChI=1S/C87H139N31O24/c1-46-72(129)115-60(39-64(92)122)81(138)113-57(29-30-63(91)121)80(137)114-58(71(93)128)40-65(123)98-33-16-12-26-52(74(131)105-46)108-76(133)53(23-9-13-31-88)109-78(135)56(28-18-36-101-87(96)97)112-82(139)61-41-66(124)99-34-15-11-25-51(75(132)111-55(27-17-35-100-86(94)95)77(134)110-54(24-10-14-32-89)79(136)117-62(45-119)84(141)116-61)106-69(127)44-104-85(142)70(47(2)120)118-83(140)59(38-49-21-7-4-8-22-49)107-68(126)43-102-67(125)42-103-73(130)50(90)37-48-19-5-3-6-20-48/h3-8,19-22,46-47,50-62,70,119-120H,9-18,23-45,88-90H2,1-2H3,(H2,91,121)(H2,92,122)(H2,93,128)(H,98,123)(H,99,124)(H,102,125)(H,103,130)(H,104,142)(H,105,131)(H,106,127)(H,107,126)(H,108,133)(H,109,135)(H,110,134)(H,111,132)(H,112,139)(H,113,138)(H,114,137)(H,115,129)(H,116,141)(H,117,136)(H,118,140)(H4,94,95,100)(H4,96,97,101)/t46-,47+,50-,51-,52-,53-,54-,55-,56-,57-,58-,59-,60-,61-,62-,70-/m0/s1. The fraction of sp³-hybridized carbons (Fsp3) is 0.586. The van der Waals surface area contributed by atoms with Gasteiger partial charge in [0.2, 0.25) is 130 Å². The van der Waals surface area contributed by atoms with E-state index < -0.39 is 297 Å². The summed E-state index contributed by atoms with van der Waals surface area (Å²) in [5.41, 5.74) is 46.4. The Balaban J connectivity index is 1.69. The third-order valence-electron chi connectivity index (χ3n) is 22.1. The van der Waals surface area contributed by atoms with Gasteiger partial charge >= 0.3 is 0 Å². The molecule has 142 heavy (non-hydrogen) atoms. The number of aliphatic hydroxyl groups is 2. The fourth-order valence-corrected chi connectivity index (χ4v) is 14.3. The Morgan fingerprint density at radius 1 is 0.437 bits per heavy atom. The van der Waals surface area contributed by atoms with Crippen LogP contribution < -0.4 is 158 Å². The van der Waals surface area contributed by atoms with Crippen molar-refractivity contribution in [2.45, 2.75) is 258 Å². The number of aliphatic hydroxyl groups excluding tert-OH is 2. The Morgan fingerprint density at radius 2 is 0.901 bits per heavy atom. The van der Waals surface area contributed by atoms with Crippen LogP contribution in [-0.4, -0.2) is 314 Å². The molecule has 2 aliphatic heterocycles. The average molecular weight is 2000 g/mol. The Morgan fingerprint density at radius 3 is 1.46 bits per heavy atom. The van der Waals surface area contributed by atoms with Gasteiger partial charge in [0.05, 0.1) is 57.6 Å². The molecule has 4 rings (SSSR count). The Hall–Kier alpha value is -14.9. The third-order valence-corrected chi connectivity index (χ3v) is 22.1. The number of carbonyl (C=O) groups excluding carboxylic acids is 22. The van der Waals surface area contributed by atoms with E-state index in [9.17, 15) is 111 Å². The maximum atomic E-state index is 15.0. The van der Waals surface area contributed by atoms with Gasteiger partial charge in [-0.1, -0.05) is 60.7 Å². The molecule has 41 N–H and O–H groups in total. The molecule has 0 bridgehead atoms. The van der Waals surface area contributed by atoms with E-state index in [0.717, 1.165) is 19.4 Å². The lowest BCUT2D eigenvalue weighted by molar-refractivity contribution is -0.137. The van der Waals surface area contributed by atoms with Gasteiger partial charge in [-0.25, -0.2) is 0 Å². The lowest BCUT2D eigenvalue weighted by Gasteiger charge is -2.28. The summed E-state index contributed by atoms with van der Waals surface area (Å²) in [6.45, 7) is -1.68. The summed E-state index contributed by atoms with van der Waals surface area (Å²) in [5.74, 6) is -24.3. The predicted octanol–water partition coefficient (Wildman–Crippen LogP) is -13.9. The number of carbonyl (C=O) groups is 22. The smallest absolute Gasteiger partial charge is 0.245 e. The lowest BCUT2D eigenvalue weighted by atomic mass is 10.0. The van der Waals surface area contributed by atoms with Crippen molar-refractivity contribution < 1.29 is 116 Å². The zero-order chi connectivity index (χ0) is 106. The molecule has 22 amide bonds. The number of guanidine groups is 2. The van der Waals surface area contributed by atoms with E-state index in [-0.39, 0.29) is 155 Å². The van der Waals surface area contributed by atoms with E-state index >= 15 is 4.79 Å². The van der Waals surface area contributed by atoms with Crippen molar-refractivity contribution in [1.29, 1.82) is 10.8 Å². The molecular weight excluding hydrogens is 1860 g/mol. The summed E-state index contributed by atoms with van der Waals surface area (Å²) in [6.07, 6.45) is -6.63. The van der Waals surface area contributed by atoms with E-state index in [4.69, 9.17) is 56.7 Å². The predicted molar refractivity (Wildman–Crippen MR) is 507 cm³/mol. The summed E-state index contributed by atoms with van der Waals surface area (Å²) < 4.78 is 0. The minimum Gasteiger partial charge on any atom is -0.394 e. The van der Waals surface area contributed by atoms with Crippen molar-refractivity contribution in [2.75, 3.05) is 65.5 Å². The number of nitrogens with one attached hydrogen (secondary N) is 23. The van der Waals surface area contributed by atoms with E-state index in [1.54, 1.807) is 60.7 Å². The zero-order valence-corrected chi connectivity index (χ0v) is 79.3. The second-order valence-corrected chi connectivity index (χ2v) is 33.9. The van der Waals surface area contributed by atoms with Gasteiger partial charge in [0.15, 0.2) is 11.9 Å². The van der Waals surface area contributed by atoms with Crippen LogP contribution >= 0.6 is 0 Å². The summed E-state index contributed by atoms with van der Waals surface area (Å²) in [6, 6.07) is -8.11. The highest BCUT2D eigenvalue weighted by Crippen LogP contribution is 2.15. The second kappa shape index (κ2) is 64.4. The molecule has 2 saturated heterocycles. The molecule has 0 aliphatic carbocycles. The molecule has 786 valence electrons. The van der Waals surface area contributed by atoms with Gasteiger partial charge in [0.25, 0.3) is 0 Å². The SMILES string of the molecule is C[C@@H]1NC(=O)[C@@H](NC(=O)[C@H](CCCCN)NC(=O)[C@H](CCCNC(=N)N)NC(=O)[C@@H]2CC(=O)NCCCC[C@H](NC(=O)CNC(=O)[C@@H](NC(=O)[C@H](Cc3ccccc3)NC(=O)CNC(=O)CNC(=O)[C@@H](N)Cc3ccccc3)[C@@H](C)O)C(=O)N[C@@H](CCCNC(=N)N)C(=O)N[C@@H](CCCCN)C(=O)N[C@@H](CO)C(=O)N2)CCCCNC(=O)C[C@@H](C(N)=O)NC(=O)[C@H](CCC(N)=O)NC(=O)[C@H](CC(N)=O)NC1=O. The molecule has 2 aromatic rings. The van der Waals surface area contributed by atoms with Crippen molar-refractivity contribution in [3.63, 3.8) is 0 Å². The molecule has 0 saturated carbocycles. The monoisotopic (exact) mass is 2000 g/mol. The third kappa shape index (κ3) is 46.7. The van der Waals surface area contributed by atoms with Crippen LogP contribution in [0.15, 0.2) is 60.7 Å². The van der Waals surface area contributed by atoms with Crippen LogP contribution in [0.4, 0.5) is 0 Å². The van der Waals surface area contributed by atoms with E-state index in [1.165, 1.54) is 0 Å². The molecule has 0 spiro atoms. The Kier molecular flexibility index (Phi) is 54.1. The Labute approximate surface area is 818 Å². The van der Waals surface area contributed by atoms with Gasteiger partial charge in [-0.3, -0.25) is 116 Å². The van der Waals surface area contributed by atoms with Gasteiger partial charge in [-0.2, -0.15) is 0 Å². The first-order valence-electron chi connectivity index (χ1n) is 46.6. The highest BCUT2D eigenvalue weighted by atomic mass is 16.3. The van der Waals surface area contributed by atoms with Crippen molar-refractivity contribution in [1.82, 2.24) is 112 Å². The number of unbranched alkanes of at least 4 members (excludes halogenated alkanes) is 2. The molecule has 55 heteroatoms. The highest BCUT2D eigenvalue weighted by molar-refractivity contribution is 6.03. The van der Waals surface area contributed by atoms with Crippen LogP contribution in [0.2, 0.25) is 0 Å². The number of primary amides is 3. The zero-order valence-electron chi connectivity index (χ0n) is 79.3. The molecule has 55 nitrogen and oxygen atoms in total. The van der Waals surface area contributed by atoms with Gasteiger partial charge in [-0.15, -0.1) is 0 Å². The molecule has 0 aromatic heterocycles. The quantitative estimate of drug-likeness (QED) is 0.0166. The normalized spacial score (nSPS) is 21.0. The molecule has 2 fully saturated rings. The number of benzene rings is 2. The van der Waals surface area contributed by atoms with Gasteiger partial charge in [0, 0.05) is 39.0 Å². The maximum Gasteiger partial charge on any atom is 0.245 e. The summed E-state index contributed by atoms with van der Waals surface area (Å²) in [4.78, 5) is 304. The number of rotatable bonds is 46. The first kappa shape index (κ1) is 119. The van der Waals surface area contributed by atoms with E-state index in [0.29, 0.717) is 5.56 Å². The van der Waals surface area contributed by atoms with E-state index in [1.807, 2.05) is 0 Å². The maximum absolute atomic E-state index is 15.0. The van der Waals surface area contributed by atoms with Crippen molar-refractivity contribution >= 4 is 142 Å². The average Bonchev–Trinajstić information content (AvgIpc) is 0.849. The largest absolute Gasteiger partial charge is 0.394 e. The van der Waals surface area contributed by atoms with Crippen molar-refractivity contribution in [2.24, 2.45) is 45.9 Å². The van der Waals surface area contributed by atoms with Gasteiger partial charge < -0.3 is 168 Å². The fourth-order valence-electron chi connectivity index (χ4n) is 14.3. The molecule has 2 aliphatic rings.